The second kappa shape index (κ2) is 7.45. The van der Waals surface area contributed by atoms with Gasteiger partial charge in [-0.15, -0.1) is 0 Å². The lowest BCUT2D eigenvalue weighted by Gasteiger charge is -2.20. The second-order valence-corrected chi connectivity index (χ2v) is 6.12. The summed E-state index contributed by atoms with van der Waals surface area (Å²) in [5, 5.41) is 3.12. The summed E-state index contributed by atoms with van der Waals surface area (Å²) < 4.78 is 10.8. The molecule has 2 aromatic rings. The van der Waals surface area contributed by atoms with E-state index in [0.717, 1.165) is 17.7 Å². The van der Waals surface area contributed by atoms with Gasteiger partial charge in [-0.05, 0) is 54.8 Å². The number of carbonyl (C=O) groups is 1. The second-order valence-electron chi connectivity index (χ2n) is 6.12. The number of nitrogens with zero attached hydrogens (tertiary/aromatic N) is 1. The molecular formula is C19H22N2O3. The third-order valence-corrected chi connectivity index (χ3v) is 4.44. The molecule has 1 aromatic carbocycles. The van der Waals surface area contributed by atoms with Gasteiger partial charge in [-0.1, -0.05) is 0 Å². The van der Waals surface area contributed by atoms with Crippen molar-refractivity contribution in [2.75, 3.05) is 20.3 Å². The minimum absolute atomic E-state index is 0.0205. The summed E-state index contributed by atoms with van der Waals surface area (Å²) in [5.74, 6) is 0.962. The number of pyridine rings is 1. The summed E-state index contributed by atoms with van der Waals surface area (Å²) in [7, 11) is 1.62. The van der Waals surface area contributed by atoms with E-state index in [-0.39, 0.29) is 17.9 Å². The first-order valence-corrected chi connectivity index (χ1v) is 8.09. The Hall–Kier alpha value is -2.40. The van der Waals surface area contributed by atoms with Crippen molar-refractivity contribution < 1.29 is 14.3 Å². The molecule has 0 bridgehead atoms. The first-order chi connectivity index (χ1) is 11.7. The van der Waals surface area contributed by atoms with E-state index in [1.165, 1.54) is 5.56 Å². The number of benzene rings is 1. The van der Waals surface area contributed by atoms with E-state index in [1.54, 1.807) is 25.6 Å². The first kappa shape index (κ1) is 16.5. The molecule has 0 spiro atoms. The molecule has 1 N–H and O–H groups in total. The third kappa shape index (κ3) is 3.74. The van der Waals surface area contributed by atoms with E-state index >= 15 is 0 Å². The van der Waals surface area contributed by atoms with Crippen molar-refractivity contribution in [2.24, 2.45) is 5.92 Å². The van der Waals surface area contributed by atoms with Crippen LogP contribution >= 0.6 is 0 Å². The van der Waals surface area contributed by atoms with E-state index < -0.39 is 0 Å². The van der Waals surface area contributed by atoms with Crippen LogP contribution < -0.4 is 10.1 Å². The molecule has 0 unspecified atom stereocenters. The Labute approximate surface area is 142 Å². The van der Waals surface area contributed by atoms with Crippen LogP contribution in [0.1, 0.15) is 21.5 Å². The summed E-state index contributed by atoms with van der Waals surface area (Å²) in [6, 6.07) is 9.51. The number of ether oxygens (including phenoxy) is 2. The highest BCUT2D eigenvalue weighted by atomic mass is 16.5. The number of hydrogen-bond acceptors (Lipinski definition) is 4. The quantitative estimate of drug-likeness (QED) is 0.916. The van der Waals surface area contributed by atoms with Crippen molar-refractivity contribution >= 4 is 5.91 Å². The van der Waals surface area contributed by atoms with E-state index in [4.69, 9.17) is 9.47 Å². The fourth-order valence-corrected chi connectivity index (χ4v) is 3.04. The fourth-order valence-electron chi connectivity index (χ4n) is 3.04. The van der Waals surface area contributed by atoms with Crippen molar-refractivity contribution in [1.82, 2.24) is 10.3 Å². The monoisotopic (exact) mass is 326 g/mol. The van der Waals surface area contributed by atoms with Gasteiger partial charge in [-0.2, -0.15) is 0 Å². The zero-order valence-electron chi connectivity index (χ0n) is 14.0. The fraction of sp³-hybridized carbons (Fsp3) is 0.368. The summed E-state index contributed by atoms with van der Waals surface area (Å²) in [5.41, 5.74) is 2.78. The predicted molar refractivity (Wildman–Crippen MR) is 91.2 cm³/mol. The van der Waals surface area contributed by atoms with Gasteiger partial charge in [0.05, 0.1) is 26.4 Å². The van der Waals surface area contributed by atoms with E-state index in [2.05, 4.69) is 10.3 Å². The van der Waals surface area contributed by atoms with Gasteiger partial charge < -0.3 is 14.8 Å². The summed E-state index contributed by atoms with van der Waals surface area (Å²) in [6.45, 7) is 3.13. The van der Waals surface area contributed by atoms with Crippen molar-refractivity contribution in [2.45, 2.75) is 19.4 Å². The Balaban J connectivity index is 1.67. The molecular weight excluding hydrogens is 304 g/mol. The number of hydrogen-bond donors (Lipinski definition) is 1. The van der Waals surface area contributed by atoms with Crippen LogP contribution in [0.3, 0.4) is 0 Å². The average molecular weight is 326 g/mol. The predicted octanol–water partition coefficient (Wildman–Crippen LogP) is 2.39. The van der Waals surface area contributed by atoms with Gasteiger partial charge in [0.25, 0.3) is 5.91 Å². The highest BCUT2D eigenvalue weighted by Gasteiger charge is 2.30. The molecule has 3 rings (SSSR count). The van der Waals surface area contributed by atoms with Gasteiger partial charge in [0.1, 0.15) is 5.75 Å². The molecule has 2 heterocycles. The van der Waals surface area contributed by atoms with Crippen LogP contribution in [0.5, 0.6) is 5.75 Å². The maximum absolute atomic E-state index is 12.6. The maximum Gasteiger partial charge on any atom is 0.251 e. The third-order valence-electron chi connectivity index (χ3n) is 4.44. The molecule has 5 heteroatoms. The number of rotatable bonds is 5. The van der Waals surface area contributed by atoms with Crippen LogP contribution in [0, 0.1) is 12.8 Å². The van der Waals surface area contributed by atoms with Crippen LogP contribution in [0.25, 0.3) is 0 Å². The smallest absolute Gasteiger partial charge is 0.251 e. The first-order valence-electron chi connectivity index (χ1n) is 8.09. The molecule has 5 nitrogen and oxygen atoms in total. The molecule has 1 aliphatic rings. The minimum atomic E-state index is -0.0645. The van der Waals surface area contributed by atoms with Gasteiger partial charge in [0.2, 0.25) is 0 Å². The van der Waals surface area contributed by atoms with Crippen LogP contribution in [0.2, 0.25) is 0 Å². The van der Waals surface area contributed by atoms with Crippen LogP contribution in [-0.2, 0) is 11.2 Å². The minimum Gasteiger partial charge on any atom is -0.497 e. The molecule has 1 saturated heterocycles. The van der Waals surface area contributed by atoms with Crippen molar-refractivity contribution in [3.05, 3.63) is 59.4 Å². The number of aromatic nitrogens is 1. The number of amides is 1. The Morgan fingerprint density at radius 2 is 2.08 bits per heavy atom. The highest BCUT2D eigenvalue weighted by molar-refractivity contribution is 5.96. The van der Waals surface area contributed by atoms with E-state index in [0.29, 0.717) is 18.8 Å². The molecule has 1 aliphatic heterocycles. The zero-order valence-corrected chi connectivity index (χ0v) is 14.0. The zero-order chi connectivity index (χ0) is 16.9. The Morgan fingerprint density at radius 3 is 2.79 bits per heavy atom. The Kier molecular flexibility index (Phi) is 5.11. The summed E-state index contributed by atoms with van der Waals surface area (Å²) >= 11 is 0. The van der Waals surface area contributed by atoms with Crippen LogP contribution in [0.15, 0.2) is 42.7 Å². The molecule has 1 fully saturated rings. The highest BCUT2D eigenvalue weighted by Crippen LogP contribution is 2.21. The lowest BCUT2D eigenvalue weighted by atomic mass is 9.95. The van der Waals surface area contributed by atoms with Crippen LogP contribution in [0.4, 0.5) is 0 Å². The largest absolute Gasteiger partial charge is 0.497 e. The molecule has 0 aliphatic carbocycles. The van der Waals surface area contributed by atoms with E-state index in [1.807, 2.05) is 31.2 Å². The standard InChI is InChI=1S/C19H22N2O3/c1-13-9-16(23-2)3-4-17(13)19(22)21-18-12-24-11-15(18)10-14-5-7-20-8-6-14/h3-9,15,18H,10-12H2,1-2H3,(H,21,22)/t15-,18-/m1/s1. The van der Waals surface area contributed by atoms with Gasteiger partial charge in [0, 0.05) is 23.9 Å². The normalized spacial score (nSPS) is 19.9. The maximum atomic E-state index is 12.6. The number of aryl methyl sites for hydroxylation is 1. The molecule has 2 atom stereocenters. The molecule has 1 amide bonds. The van der Waals surface area contributed by atoms with E-state index in [9.17, 15) is 4.79 Å². The SMILES string of the molecule is COc1ccc(C(=O)N[C@@H]2COC[C@H]2Cc2ccncc2)c(C)c1. The molecule has 1 aromatic heterocycles. The Bertz CT molecular complexity index is 703. The lowest BCUT2D eigenvalue weighted by molar-refractivity contribution is 0.0924. The topological polar surface area (TPSA) is 60.5 Å². The van der Waals surface area contributed by atoms with Gasteiger partial charge in [-0.25, -0.2) is 0 Å². The number of nitrogens with one attached hydrogen (secondary N) is 1. The van der Waals surface area contributed by atoms with Crippen molar-refractivity contribution in [1.29, 1.82) is 0 Å². The Morgan fingerprint density at radius 1 is 1.29 bits per heavy atom. The molecule has 0 radical (unpaired) electrons. The number of methoxy groups -OCH3 is 1. The summed E-state index contributed by atoms with van der Waals surface area (Å²) in [4.78, 5) is 16.6. The molecule has 126 valence electrons. The van der Waals surface area contributed by atoms with Gasteiger partial charge in [-0.3, -0.25) is 9.78 Å². The van der Waals surface area contributed by atoms with Crippen molar-refractivity contribution in [3.8, 4) is 5.75 Å². The van der Waals surface area contributed by atoms with Crippen LogP contribution in [-0.4, -0.2) is 37.3 Å². The number of carbonyl (C=O) groups excluding carboxylic acids is 1. The summed E-state index contributed by atoms with van der Waals surface area (Å²) in [6.07, 6.45) is 4.45. The average Bonchev–Trinajstić information content (AvgIpc) is 3.02. The van der Waals surface area contributed by atoms with Gasteiger partial charge in [0.15, 0.2) is 0 Å². The lowest BCUT2D eigenvalue weighted by Crippen LogP contribution is -2.40. The molecule has 24 heavy (non-hydrogen) atoms. The molecule has 0 saturated carbocycles. The van der Waals surface area contributed by atoms with Crippen molar-refractivity contribution in [3.63, 3.8) is 0 Å². The van der Waals surface area contributed by atoms with Gasteiger partial charge >= 0.3 is 0 Å².